The number of aliphatic hydroxyl groups excluding tert-OH is 1. The van der Waals surface area contributed by atoms with Crippen molar-refractivity contribution < 1.29 is 5.11 Å². The molecule has 78 valence electrons. The maximum Gasteiger partial charge on any atom is 0.0680 e. The fourth-order valence-electron chi connectivity index (χ4n) is 1.97. The first-order valence-corrected chi connectivity index (χ1v) is 5.08. The van der Waals surface area contributed by atoms with E-state index in [1.807, 2.05) is 6.92 Å². The molecule has 1 aliphatic heterocycles. The van der Waals surface area contributed by atoms with Gasteiger partial charge in [0.2, 0.25) is 0 Å². The van der Waals surface area contributed by atoms with Crippen molar-refractivity contribution >= 4 is 0 Å². The van der Waals surface area contributed by atoms with Crippen molar-refractivity contribution in [2.75, 3.05) is 13.2 Å². The molecule has 0 saturated carbocycles. The number of nitrogens with one attached hydrogen (secondary N) is 1. The van der Waals surface area contributed by atoms with Gasteiger partial charge in [-0.3, -0.25) is 4.90 Å². The zero-order valence-corrected chi connectivity index (χ0v) is 8.53. The van der Waals surface area contributed by atoms with Gasteiger partial charge in [0.1, 0.15) is 0 Å². The van der Waals surface area contributed by atoms with E-state index < -0.39 is 0 Å². The maximum absolute atomic E-state index is 9.50. The molecule has 4 nitrogen and oxygen atoms in total. The van der Waals surface area contributed by atoms with Crippen LogP contribution in [-0.2, 0) is 0 Å². The average molecular weight is 187 g/mol. The molecule has 0 bridgehead atoms. The SMILES string of the molecule is CCCC1NCC(C(C)O)N1CN. The second-order valence-corrected chi connectivity index (χ2v) is 3.72. The third kappa shape index (κ3) is 2.40. The van der Waals surface area contributed by atoms with E-state index in [0.717, 1.165) is 19.4 Å². The van der Waals surface area contributed by atoms with Gasteiger partial charge in [0.05, 0.1) is 18.3 Å². The van der Waals surface area contributed by atoms with Gasteiger partial charge in [-0.25, -0.2) is 0 Å². The fourth-order valence-corrected chi connectivity index (χ4v) is 1.97. The highest BCUT2D eigenvalue weighted by Crippen LogP contribution is 2.16. The van der Waals surface area contributed by atoms with E-state index in [1.165, 1.54) is 0 Å². The minimum Gasteiger partial charge on any atom is -0.392 e. The molecule has 0 aromatic rings. The van der Waals surface area contributed by atoms with Gasteiger partial charge in [0, 0.05) is 13.2 Å². The monoisotopic (exact) mass is 187 g/mol. The number of aliphatic hydroxyl groups is 1. The quantitative estimate of drug-likeness (QED) is 0.564. The first-order chi connectivity index (χ1) is 6.20. The molecular formula is C9H21N3O. The summed E-state index contributed by atoms with van der Waals surface area (Å²) >= 11 is 0. The third-order valence-electron chi connectivity index (χ3n) is 2.72. The van der Waals surface area contributed by atoms with Gasteiger partial charge in [0.15, 0.2) is 0 Å². The Labute approximate surface area is 80.1 Å². The summed E-state index contributed by atoms with van der Waals surface area (Å²) in [5, 5.41) is 12.9. The van der Waals surface area contributed by atoms with Gasteiger partial charge in [-0.15, -0.1) is 0 Å². The Bertz CT molecular complexity index is 152. The molecule has 0 spiro atoms. The van der Waals surface area contributed by atoms with Gasteiger partial charge in [-0.2, -0.15) is 0 Å². The number of hydrogen-bond donors (Lipinski definition) is 3. The van der Waals surface area contributed by atoms with Crippen molar-refractivity contribution in [3.63, 3.8) is 0 Å². The summed E-state index contributed by atoms with van der Waals surface area (Å²) < 4.78 is 0. The molecule has 1 heterocycles. The highest BCUT2D eigenvalue weighted by Gasteiger charge is 2.33. The Morgan fingerprint density at radius 2 is 2.38 bits per heavy atom. The van der Waals surface area contributed by atoms with E-state index in [9.17, 15) is 5.11 Å². The molecule has 0 radical (unpaired) electrons. The fraction of sp³-hybridized carbons (Fsp3) is 1.00. The summed E-state index contributed by atoms with van der Waals surface area (Å²) in [5.41, 5.74) is 5.66. The molecule has 3 atom stereocenters. The van der Waals surface area contributed by atoms with Crippen LogP contribution in [0.1, 0.15) is 26.7 Å². The molecule has 0 aromatic heterocycles. The minimum atomic E-state index is -0.307. The molecule has 0 amide bonds. The second-order valence-electron chi connectivity index (χ2n) is 3.72. The lowest BCUT2D eigenvalue weighted by atomic mass is 10.2. The van der Waals surface area contributed by atoms with Crippen LogP contribution in [0.5, 0.6) is 0 Å². The standard InChI is InChI=1S/C9H21N3O/c1-3-4-9-11-5-8(7(2)13)12(9)6-10/h7-9,11,13H,3-6,10H2,1-2H3. The summed E-state index contributed by atoms with van der Waals surface area (Å²) in [6, 6.07) is 0.182. The number of nitrogens with two attached hydrogens (primary N) is 1. The molecule has 0 aromatic carbocycles. The van der Waals surface area contributed by atoms with Gasteiger partial charge < -0.3 is 16.2 Å². The molecule has 13 heavy (non-hydrogen) atoms. The number of nitrogens with zero attached hydrogens (tertiary/aromatic N) is 1. The van der Waals surface area contributed by atoms with E-state index in [1.54, 1.807) is 0 Å². The molecule has 4 N–H and O–H groups in total. The maximum atomic E-state index is 9.50. The summed E-state index contributed by atoms with van der Waals surface area (Å²) in [6.45, 7) is 5.35. The summed E-state index contributed by atoms with van der Waals surface area (Å²) in [4.78, 5) is 2.15. The Balaban J connectivity index is 2.52. The van der Waals surface area contributed by atoms with Crippen LogP contribution in [0.4, 0.5) is 0 Å². The van der Waals surface area contributed by atoms with E-state index in [-0.39, 0.29) is 12.1 Å². The van der Waals surface area contributed by atoms with Crippen molar-refractivity contribution in [3.05, 3.63) is 0 Å². The van der Waals surface area contributed by atoms with Crippen LogP contribution in [0.3, 0.4) is 0 Å². The summed E-state index contributed by atoms with van der Waals surface area (Å²) in [6.07, 6.45) is 2.29. The zero-order chi connectivity index (χ0) is 9.84. The molecule has 1 fully saturated rings. The van der Waals surface area contributed by atoms with Gasteiger partial charge in [0.25, 0.3) is 0 Å². The first kappa shape index (κ1) is 10.9. The van der Waals surface area contributed by atoms with Crippen molar-refractivity contribution in [3.8, 4) is 0 Å². The van der Waals surface area contributed by atoms with Crippen molar-refractivity contribution in [1.29, 1.82) is 0 Å². The lowest BCUT2D eigenvalue weighted by molar-refractivity contribution is 0.0716. The molecule has 1 saturated heterocycles. The first-order valence-electron chi connectivity index (χ1n) is 5.08. The van der Waals surface area contributed by atoms with Crippen LogP contribution in [0.25, 0.3) is 0 Å². The van der Waals surface area contributed by atoms with Crippen LogP contribution in [-0.4, -0.2) is 41.5 Å². The molecular weight excluding hydrogens is 166 g/mol. The summed E-state index contributed by atoms with van der Waals surface area (Å²) in [7, 11) is 0. The van der Waals surface area contributed by atoms with E-state index in [4.69, 9.17) is 5.73 Å². The van der Waals surface area contributed by atoms with Crippen molar-refractivity contribution in [2.45, 2.75) is 45.0 Å². The smallest absolute Gasteiger partial charge is 0.0680 e. The predicted octanol–water partition coefficient (Wildman–Crippen LogP) is -0.317. The highest BCUT2D eigenvalue weighted by molar-refractivity contribution is 4.89. The number of hydrogen-bond acceptors (Lipinski definition) is 4. The summed E-state index contributed by atoms with van der Waals surface area (Å²) in [5.74, 6) is 0. The van der Waals surface area contributed by atoms with E-state index in [0.29, 0.717) is 12.8 Å². The van der Waals surface area contributed by atoms with Crippen LogP contribution < -0.4 is 11.1 Å². The highest BCUT2D eigenvalue weighted by atomic mass is 16.3. The molecule has 0 aliphatic carbocycles. The van der Waals surface area contributed by atoms with Crippen LogP contribution in [0.15, 0.2) is 0 Å². The second kappa shape index (κ2) is 4.91. The van der Waals surface area contributed by atoms with Crippen LogP contribution in [0, 0.1) is 0 Å². The average Bonchev–Trinajstić information content (AvgIpc) is 2.48. The topological polar surface area (TPSA) is 61.5 Å². The Morgan fingerprint density at radius 3 is 2.85 bits per heavy atom. The van der Waals surface area contributed by atoms with Crippen molar-refractivity contribution in [2.24, 2.45) is 5.73 Å². The van der Waals surface area contributed by atoms with E-state index >= 15 is 0 Å². The normalized spacial score (nSPS) is 32.3. The van der Waals surface area contributed by atoms with E-state index in [2.05, 4.69) is 17.1 Å². The molecule has 3 unspecified atom stereocenters. The predicted molar refractivity (Wildman–Crippen MR) is 53.1 cm³/mol. The number of rotatable bonds is 4. The van der Waals surface area contributed by atoms with Crippen molar-refractivity contribution in [1.82, 2.24) is 10.2 Å². The Morgan fingerprint density at radius 1 is 1.69 bits per heavy atom. The third-order valence-corrected chi connectivity index (χ3v) is 2.72. The largest absolute Gasteiger partial charge is 0.392 e. The van der Waals surface area contributed by atoms with Crippen LogP contribution in [0.2, 0.25) is 0 Å². The van der Waals surface area contributed by atoms with Gasteiger partial charge >= 0.3 is 0 Å². The zero-order valence-electron chi connectivity index (χ0n) is 8.53. The molecule has 4 heteroatoms. The molecule has 1 rings (SSSR count). The lowest BCUT2D eigenvalue weighted by Crippen LogP contribution is -2.46. The van der Waals surface area contributed by atoms with Crippen LogP contribution >= 0.6 is 0 Å². The Kier molecular flexibility index (Phi) is 4.12. The molecule has 1 aliphatic rings. The Hall–Kier alpha value is -0.160. The van der Waals surface area contributed by atoms with Gasteiger partial charge in [-0.1, -0.05) is 13.3 Å². The van der Waals surface area contributed by atoms with Gasteiger partial charge in [-0.05, 0) is 13.3 Å². The lowest BCUT2D eigenvalue weighted by Gasteiger charge is -2.28. The minimum absolute atomic E-state index is 0.182.